The summed E-state index contributed by atoms with van der Waals surface area (Å²) >= 11 is 0. The summed E-state index contributed by atoms with van der Waals surface area (Å²) in [5.41, 5.74) is 0.815. The maximum atomic E-state index is 13.9. The van der Waals surface area contributed by atoms with Crippen molar-refractivity contribution in [1.82, 2.24) is 30.7 Å². The molecule has 13 nitrogen and oxygen atoms in total. The van der Waals surface area contributed by atoms with Crippen LogP contribution < -0.4 is 16.0 Å². The molecule has 0 radical (unpaired) electrons. The van der Waals surface area contributed by atoms with Gasteiger partial charge in [-0.15, -0.1) is 0 Å². The molecule has 13 heteroatoms. The monoisotopic (exact) mass is 626 g/mol. The van der Waals surface area contributed by atoms with E-state index in [-0.39, 0.29) is 56.8 Å². The molecule has 4 rings (SSSR count). The van der Waals surface area contributed by atoms with Crippen LogP contribution in [0.25, 0.3) is 0 Å². The quantitative estimate of drug-likeness (QED) is 0.339. The van der Waals surface area contributed by atoms with Crippen molar-refractivity contribution in [2.24, 2.45) is 11.8 Å². The number of piperidine rings is 1. The summed E-state index contributed by atoms with van der Waals surface area (Å²) in [6.07, 6.45) is 0.721. The Labute approximate surface area is 264 Å². The molecule has 0 aromatic heterocycles. The fraction of sp³-hybridized carbons (Fsp3) is 0.625. The average Bonchev–Trinajstić information content (AvgIpc) is 3.43. The highest BCUT2D eigenvalue weighted by molar-refractivity contribution is 5.96. The molecule has 3 fully saturated rings. The molecule has 3 saturated heterocycles. The van der Waals surface area contributed by atoms with Crippen LogP contribution in [-0.2, 0) is 35.2 Å². The number of aliphatic hydroxyl groups excluding tert-OH is 1. The minimum Gasteiger partial charge on any atom is -0.391 e. The zero-order valence-electron chi connectivity index (χ0n) is 26.4. The zero-order valence-corrected chi connectivity index (χ0v) is 26.4. The summed E-state index contributed by atoms with van der Waals surface area (Å²) in [4.78, 5) is 84.3. The predicted molar refractivity (Wildman–Crippen MR) is 164 cm³/mol. The molecule has 5 atom stereocenters. The number of nitrogens with zero attached hydrogens (tertiary/aromatic N) is 3. The number of aliphatic hydroxyl groups is 1. The van der Waals surface area contributed by atoms with Crippen LogP contribution in [0.5, 0.6) is 0 Å². The normalized spacial score (nSPS) is 26.6. The molecule has 0 aliphatic carbocycles. The maximum Gasteiger partial charge on any atom is 0.246 e. The van der Waals surface area contributed by atoms with Crippen molar-refractivity contribution in [3.05, 3.63) is 35.9 Å². The van der Waals surface area contributed by atoms with Crippen LogP contribution >= 0.6 is 0 Å². The van der Waals surface area contributed by atoms with E-state index in [1.54, 1.807) is 4.90 Å². The first-order chi connectivity index (χ1) is 21.5. The lowest BCUT2D eigenvalue weighted by molar-refractivity contribution is -0.145. The number of hydrogen-bond acceptors (Lipinski definition) is 7. The molecule has 0 bridgehead atoms. The molecule has 0 unspecified atom stereocenters. The van der Waals surface area contributed by atoms with Crippen molar-refractivity contribution in [3.63, 3.8) is 0 Å². The van der Waals surface area contributed by atoms with Crippen molar-refractivity contribution in [1.29, 1.82) is 0 Å². The Morgan fingerprint density at radius 2 is 1.67 bits per heavy atom. The van der Waals surface area contributed by atoms with E-state index >= 15 is 0 Å². The van der Waals surface area contributed by atoms with Crippen molar-refractivity contribution in [2.75, 3.05) is 39.3 Å². The Hall–Kier alpha value is -4.00. The van der Waals surface area contributed by atoms with Gasteiger partial charge in [-0.05, 0) is 24.3 Å². The fourth-order valence-electron chi connectivity index (χ4n) is 6.29. The average molecular weight is 627 g/mol. The minimum atomic E-state index is -1.02. The Kier molecular flexibility index (Phi) is 11.5. The molecule has 45 heavy (non-hydrogen) atoms. The van der Waals surface area contributed by atoms with Gasteiger partial charge >= 0.3 is 0 Å². The van der Waals surface area contributed by atoms with Crippen LogP contribution in [0, 0.1) is 11.8 Å². The van der Waals surface area contributed by atoms with E-state index in [4.69, 9.17) is 0 Å². The number of carbonyl (C=O) groups excluding carboxylic acids is 6. The number of nitrogens with one attached hydrogen (secondary N) is 3. The van der Waals surface area contributed by atoms with Crippen molar-refractivity contribution in [2.45, 2.75) is 77.1 Å². The molecular formula is C32H46N6O7. The third-order valence-corrected chi connectivity index (χ3v) is 9.19. The van der Waals surface area contributed by atoms with Gasteiger partial charge in [0.05, 0.1) is 12.6 Å². The number of fused-ring (bicyclic) bond motifs is 1. The van der Waals surface area contributed by atoms with Crippen LogP contribution in [0.3, 0.4) is 0 Å². The Bertz CT molecular complexity index is 1250. The van der Waals surface area contributed by atoms with Gasteiger partial charge in [0, 0.05) is 58.4 Å². The summed E-state index contributed by atoms with van der Waals surface area (Å²) < 4.78 is 0. The number of carbonyl (C=O) groups is 6. The molecular weight excluding hydrogens is 580 g/mol. The van der Waals surface area contributed by atoms with Crippen LogP contribution in [0.15, 0.2) is 30.3 Å². The summed E-state index contributed by atoms with van der Waals surface area (Å²) in [6.45, 7) is 5.75. The van der Waals surface area contributed by atoms with Gasteiger partial charge in [-0.25, -0.2) is 0 Å². The lowest BCUT2D eigenvalue weighted by Crippen LogP contribution is -2.58. The zero-order chi connectivity index (χ0) is 32.7. The molecule has 3 heterocycles. The van der Waals surface area contributed by atoms with Crippen molar-refractivity contribution in [3.8, 4) is 0 Å². The van der Waals surface area contributed by atoms with Gasteiger partial charge in [-0.3, -0.25) is 28.8 Å². The van der Waals surface area contributed by atoms with Gasteiger partial charge in [0.1, 0.15) is 18.1 Å². The lowest BCUT2D eigenvalue weighted by Gasteiger charge is -2.34. The summed E-state index contributed by atoms with van der Waals surface area (Å²) in [6, 6.07) is 6.21. The molecule has 0 saturated carbocycles. The first kappa shape index (κ1) is 33.9. The van der Waals surface area contributed by atoms with E-state index in [2.05, 4.69) is 16.0 Å². The molecule has 1 aromatic rings. The lowest BCUT2D eigenvalue weighted by atomic mass is 9.95. The van der Waals surface area contributed by atoms with Gasteiger partial charge in [-0.2, -0.15) is 0 Å². The number of benzene rings is 1. The third-order valence-electron chi connectivity index (χ3n) is 9.19. The second-order valence-electron chi connectivity index (χ2n) is 12.4. The molecule has 3 aliphatic heterocycles. The second kappa shape index (κ2) is 15.3. The second-order valence-corrected chi connectivity index (χ2v) is 12.4. The summed E-state index contributed by atoms with van der Waals surface area (Å²) in [5, 5.41) is 18.9. The van der Waals surface area contributed by atoms with E-state index in [1.807, 2.05) is 44.2 Å². The molecule has 1 aromatic carbocycles. The highest BCUT2D eigenvalue weighted by Gasteiger charge is 2.43. The molecule has 246 valence electrons. The third kappa shape index (κ3) is 8.59. The Morgan fingerprint density at radius 1 is 0.978 bits per heavy atom. The predicted octanol–water partition coefficient (Wildman–Crippen LogP) is -0.576. The number of amides is 6. The van der Waals surface area contributed by atoms with Crippen LogP contribution in [-0.4, -0.2) is 119 Å². The topological polar surface area (TPSA) is 168 Å². The molecule has 4 N–H and O–H groups in total. The van der Waals surface area contributed by atoms with Crippen LogP contribution in [0.4, 0.5) is 0 Å². The fourth-order valence-corrected chi connectivity index (χ4v) is 6.29. The van der Waals surface area contributed by atoms with Gasteiger partial charge in [-0.1, -0.05) is 50.6 Å². The minimum absolute atomic E-state index is 0.00312. The van der Waals surface area contributed by atoms with Gasteiger partial charge in [0.25, 0.3) is 0 Å². The van der Waals surface area contributed by atoms with Crippen LogP contribution in [0.1, 0.15) is 52.0 Å². The Balaban J connectivity index is 1.62. The van der Waals surface area contributed by atoms with Crippen LogP contribution in [0.2, 0.25) is 0 Å². The number of rotatable bonds is 5. The largest absolute Gasteiger partial charge is 0.391 e. The highest BCUT2D eigenvalue weighted by atomic mass is 16.3. The van der Waals surface area contributed by atoms with Crippen molar-refractivity contribution < 1.29 is 33.9 Å². The van der Waals surface area contributed by atoms with Gasteiger partial charge in [0.15, 0.2) is 0 Å². The smallest absolute Gasteiger partial charge is 0.246 e. The number of likely N-dealkylation sites (tertiary alicyclic amines) is 1. The van der Waals surface area contributed by atoms with Gasteiger partial charge in [0.2, 0.25) is 35.4 Å². The molecule has 0 spiro atoms. The van der Waals surface area contributed by atoms with E-state index in [9.17, 15) is 33.9 Å². The van der Waals surface area contributed by atoms with Gasteiger partial charge < -0.3 is 35.8 Å². The van der Waals surface area contributed by atoms with E-state index in [1.165, 1.54) is 16.7 Å². The summed E-state index contributed by atoms with van der Waals surface area (Å²) in [5.74, 6) is -3.06. The highest BCUT2D eigenvalue weighted by Crippen LogP contribution is 2.23. The molecule has 3 aliphatic rings. The van der Waals surface area contributed by atoms with E-state index < -0.39 is 53.8 Å². The summed E-state index contributed by atoms with van der Waals surface area (Å²) in [7, 11) is 0. The van der Waals surface area contributed by atoms with Crippen molar-refractivity contribution >= 4 is 35.4 Å². The Morgan fingerprint density at radius 3 is 2.31 bits per heavy atom. The maximum absolute atomic E-state index is 13.9. The molecule has 6 amide bonds. The standard InChI is InChI=1S/C32H46N6O7/c1-4-20(2)28-32(45)38-18-24(40)17-26(38)30(43)34-25(16-22-8-6-5-7-9-22)29(42)33-12-15-37(19-27(41)35-28)31(44)23-10-13-36(14-11-23)21(3)39/h5-9,20,23-26,28,40H,4,10-19H2,1-3H3,(H,33,42)(H,34,43)(H,35,41)/t20-,24+,25-,26-,28-/m0/s1. The SMILES string of the molecule is CC[C@H](C)[C@@H]1NC(=O)CN(C(=O)C2CCN(C(C)=O)CC2)CCNC(=O)[C@H](Cc2ccccc2)NC(=O)[C@@H]2C[C@@H](O)CN2C1=O. The first-order valence-corrected chi connectivity index (χ1v) is 15.9. The first-order valence-electron chi connectivity index (χ1n) is 15.9. The van der Waals surface area contributed by atoms with E-state index in [0.29, 0.717) is 32.4 Å². The van der Waals surface area contributed by atoms with E-state index in [0.717, 1.165) is 5.56 Å². The number of hydrogen-bond donors (Lipinski definition) is 4.